The van der Waals surface area contributed by atoms with E-state index in [2.05, 4.69) is 5.32 Å². The first-order valence-corrected chi connectivity index (χ1v) is 9.22. The topological polar surface area (TPSA) is 85.7 Å². The highest BCUT2D eigenvalue weighted by atomic mass is 19.1. The van der Waals surface area contributed by atoms with Gasteiger partial charge in [0.05, 0.1) is 18.2 Å². The number of anilines is 1. The van der Waals surface area contributed by atoms with Crippen LogP contribution in [0.1, 0.15) is 5.56 Å². The number of rotatable bonds is 6. The summed E-state index contributed by atoms with van der Waals surface area (Å²) >= 11 is 0. The van der Waals surface area contributed by atoms with Crippen molar-refractivity contribution in [2.75, 3.05) is 44.6 Å². The number of nitriles is 1. The molecular weight excluding hydrogens is 375 g/mol. The minimum Gasteiger partial charge on any atom is -0.484 e. The molecule has 0 spiro atoms. The van der Waals surface area contributed by atoms with Crippen molar-refractivity contribution in [3.8, 4) is 11.8 Å². The summed E-state index contributed by atoms with van der Waals surface area (Å²) in [6.07, 6.45) is 0. The van der Waals surface area contributed by atoms with Gasteiger partial charge in [0.2, 0.25) is 5.91 Å². The zero-order valence-electron chi connectivity index (χ0n) is 15.8. The standard InChI is InChI=1S/C21H21FN4O3/c22-17-4-6-19(7-5-17)29-15-21(28)26-10-8-25(9-11-26)14-20(27)24-18-3-1-2-16(12-18)13-23/h1-7,12H,8-11,14-15H2,(H,24,27). The van der Waals surface area contributed by atoms with Crippen LogP contribution in [0.3, 0.4) is 0 Å². The smallest absolute Gasteiger partial charge is 0.260 e. The van der Waals surface area contributed by atoms with Crippen molar-refractivity contribution in [1.29, 1.82) is 5.26 Å². The summed E-state index contributed by atoms with van der Waals surface area (Å²) in [7, 11) is 0. The molecule has 150 valence electrons. The Hall–Kier alpha value is -3.44. The van der Waals surface area contributed by atoms with Gasteiger partial charge in [0.15, 0.2) is 6.61 Å². The molecule has 1 aliphatic rings. The predicted molar refractivity (Wildman–Crippen MR) is 105 cm³/mol. The molecule has 1 heterocycles. The molecule has 1 aliphatic heterocycles. The van der Waals surface area contributed by atoms with Crippen LogP contribution < -0.4 is 10.1 Å². The molecule has 1 fully saturated rings. The quantitative estimate of drug-likeness (QED) is 0.806. The fourth-order valence-corrected chi connectivity index (χ4v) is 2.99. The lowest BCUT2D eigenvalue weighted by atomic mass is 10.2. The summed E-state index contributed by atoms with van der Waals surface area (Å²) in [5.41, 5.74) is 1.07. The van der Waals surface area contributed by atoms with Crippen LogP contribution >= 0.6 is 0 Å². The molecule has 2 amide bonds. The second kappa shape index (κ2) is 9.66. The predicted octanol–water partition coefficient (Wildman–Crippen LogP) is 1.86. The molecule has 1 N–H and O–H groups in total. The van der Waals surface area contributed by atoms with E-state index < -0.39 is 0 Å². The number of nitrogens with one attached hydrogen (secondary N) is 1. The Bertz CT molecular complexity index is 903. The van der Waals surface area contributed by atoms with Gasteiger partial charge in [-0.05, 0) is 42.5 Å². The maximum atomic E-state index is 12.9. The number of hydrogen-bond acceptors (Lipinski definition) is 5. The van der Waals surface area contributed by atoms with Crippen LogP contribution in [0.5, 0.6) is 5.75 Å². The van der Waals surface area contributed by atoms with Crippen molar-refractivity contribution >= 4 is 17.5 Å². The average molecular weight is 396 g/mol. The van der Waals surface area contributed by atoms with Gasteiger partial charge in [-0.2, -0.15) is 5.26 Å². The van der Waals surface area contributed by atoms with E-state index in [0.29, 0.717) is 43.2 Å². The Morgan fingerprint density at radius 1 is 1.10 bits per heavy atom. The summed E-state index contributed by atoms with van der Waals surface area (Å²) in [5.74, 6) is -0.233. The minimum atomic E-state index is -0.360. The normalized spacial score (nSPS) is 14.1. The average Bonchev–Trinajstić information content (AvgIpc) is 2.73. The molecule has 0 saturated carbocycles. The van der Waals surface area contributed by atoms with Gasteiger partial charge in [-0.25, -0.2) is 4.39 Å². The SMILES string of the molecule is N#Cc1cccc(NC(=O)CN2CCN(C(=O)COc3ccc(F)cc3)CC2)c1. The maximum absolute atomic E-state index is 12.9. The number of hydrogen-bond donors (Lipinski definition) is 1. The zero-order valence-corrected chi connectivity index (χ0v) is 15.8. The molecule has 29 heavy (non-hydrogen) atoms. The first-order chi connectivity index (χ1) is 14.0. The van der Waals surface area contributed by atoms with E-state index >= 15 is 0 Å². The summed E-state index contributed by atoms with van der Waals surface area (Å²) in [6, 6.07) is 14.3. The third-order valence-electron chi connectivity index (χ3n) is 4.54. The lowest BCUT2D eigenvalue weighted by molar-refractivity contribution is -0.135. The van der Waals surface area contributed by atoms with Gasteiger partial charge in [0, 0.05) is 31.9 Å². The van der Waals surface area contributed by atoms with Gasteiger partial charge < -0.3 is 15.0 Å². The molecule has 1 saturated heterocycles. The Labute approximate surface area is 168 Å². The van der Waals surface area contributed by atoms with Crippen LogP contribution in [-0.4, -0.2) is 60.9 Å². The lowest BCUT2D eigenvalue weighted by Gasteiger charge is -2.34. The lowest BCUT2D eigenvalue weighted by Crippen LogP contribution is -2.51. The first-order valence-electron chi connectivity index (χ1n) is 9.22. The second-order valence-corrected chi connectivity index (χ2v) is 6.64. The first kappa shape index (κ1) is 20.3. The molecule has 0 aliphatic carbocycles. The van der Waals surface area contributed by atoms with Crippen LogP contribution in [0.15, 0.2) is 48.5 Å². The highest BCUT2D eigenvalue weighted by molar-refractivity contribution is 5.92. The van der Waals surface area contributed by atoms with Crippen molar-refractivity contribution in [3.05, 3.63) is 59.9 Å². The van der Waals surface area contributed by atoms with Gasteiger partial charge in [0.1, 0.15) is 11.6 Å². The monoisotopic (exact) mass is 396 g/mol. The molecule has 2 aromatic carbocycles. The summed E-state index contributed by atoms with van der Waals surface area (Å²) in [4.78, 5) is 28.1. The van der Waals surface area contributed by atoms with Crippen LogP contribution in [-0.2, 0) is 9.59 Å². The number of amides is 2. The number of ether oxygens (including phenoxy) is 1. The van der Waals surface area contributed by atoms with E-state index in [1.54, 1.807) is 29.2 Å². The largest absolute Gasteiger partial charge is 0.484 e. The van der Waals surface area contributed by atoms with E-state index in [-0.39, 0.29) is 30.8 Å². The molecule has 0 bridgehead atoms. The van der Waals surface area contributed by atoms with Crippen molar-refractivity contribution in [2.45, 2.75) is 0 Å². The molecular formula is C21H21FN4O3. The Kier molecular flexibility index (Phi) is 6.76. The number of nitrogens with zero attached hydrogens (tertiary/aromatic N) is 3. The number of halogens is 1. The van der Waals surface area contributed by atoms with E-state index in [1.807, 2.05) is 11.0 Å². The van der Waals surface area contributed by atoms with Crippen molar-refractivity contribution in [2.24, 2.45) is 0 Å². The molecule has 0 unspecified atom stereocenters. The Balaban J connectivity index is 1.40. The molecule has 8 heteroatoms. The highest BCUT2D eigenvalue weighted by Crippen LogP contribution is 2.12. The molecule has 2 aromatic rings. The van der Waals surface area contributed by atoms with Crippen LogP contribution in [0.2, 0.25) is 0 Å². The summed E-state index contributed by atoms with van der Waals surface area (Å²) in [5, 5.41) is 11.7. The van der Waals surface area contributed by atoms with Gasteiger partial charge in [-0.1, -0.05) is 6.07 Å². The van der Waals surface area contributed by atoms with Crippen molar-refractivity contribution < 1.29 is 18.7 Å². The fourth-order valence-electron chi connectivity index (χ4n) is 2.99. The van der Waals surface area contributed by atoms with Crippen LogP contribution in [0.4, 0.5) is 10.1 Å². The Morgan fingerprint density at radius 3 is 2.52 bits per heavy atom. The van der Waals surface area contributed by atoms with Crippen LogP contribution in [0, 0.1) is 17.1 Å². The van der Waals surface area contributed by atoms with Crippen LogP contribution in [0.25, 0.3) is 0 Å². The van der Waals surface area contributed by atoms with E-state index in [9.17, 15) is 14.0 Å². The van der Waals surface area contributed by atoms with Crippen molar-refractivity contribution in [3.63, 3.8) is 0 Å². The summed E-state index contributed by atoms with van der Waals surface area (Å²) < 4.78 is 18.3. The van der Waals surface area contributed by atoms with Gasteiger partial charge in [-0.15, -0.1) is 0 Å². The molecule has 7 nitrogen and oxygen atoms in total. The number of piperazine rings is 1. The van der Waals surface area contributed by atoms with E-state index in [1.165, 1.54) is 24.3 Å². The summed E-state index contributed by atoms with van der Waals surface area (Å²) in [6.45, 7) is 2.26. The minimum absolute atomic E-state index is 0.110. The molecule has 0 radical (unpaired) electrons. The number of carbonyl (C=O) groups excluding carboxylic acids is 2. The van der Waals surface area contributed by atoms with Gasteiger partial charge in [0.25, 0.3) is 5.91 Å². The number of carbonyl (C=O) groups is 2. The number of benzene rings is 2. The third-order valence-corrected chi connectivity index (χ3v) is 4.54. The van der Waals surface area contributed by atoms with Crippen molar-refractivity contribution in [1.82, 2.24) is 9.80 Å². The maximum Gasteiger partial charge on any atom is 0.260 e. The highest BCUT2D eigenvalue weighted by Gasteiger charge is 2.22. The molecule has 3 rings (SSSR count). The van der Waals surface area contributed by atoms with Gasteiger partial charge >= 0.3 is 0 Å². The van der Waals surface area contributed by atoms with Gasteiger partial charge in [-0.3, -0.25) is 14.5 Å². The molecule has 0 aromatic heterocycles. The third kappa shape index (κ3) is 6.02. The second-order valence-electron chi connectivity index (χ2n) is 6.64. The fraction of sp³-hybridized carbons (Fsp3) is 0.286. The van der Waals surface area contributed by atoms with E-state index in [4.69, 9.17) is 10.00 Å². The Morgan fingerprint density at radius 2 is 1.83 bits per heavy atom. The molecule has 0 atom stereocenters. The zero-order chi connectivity index (χ0) is 20.6. The van der Waals surface area contributed by atoms with E-state index in [0.717, 1.165) is 0 Å².